The SMILES string of the molecule is CC(=O)NCc1cc(OC2CCN(C(C)c3nc(C4CC4)no3)C2)ccn1. The summed E-state index contributed by atoms with van der Waals surface area (Å²) >= 11 is 0. The van der Waals surface area contributed by atoms with E-state index in [9.17, 15) is 4.79 Å². The molecule has 1 aliphatic heterocycles. The second kappa shape index (κ2) is 7.64. The van der Waals surface area contributed by atoms with Crippen molar-refractivity contribution in [2.24, 2.45) is 0 Å². The van der Waals surface area contributed by atoms with Crippen molar-refractivity contribution in [2.75, 3.05) is 13.1 Å². The summed E-state index contributed by atoms with van der Waals surface area (Å²) in [5.41, 5.74) is 0.782. The average Bonchev–Trinajstić information content (AvgIpc) is 3.20. The van der Waals surface area contributed by atoms with E-state index in [4.69, 9.17) is 9.26 Å². The van der Waals surface area contributed by atoms with Crippen LogP contribution in [-0.2, 0) is 11.3 Å². The third kappa shape index (κ3) is 4.44. The monoisotopic (exact) mass is 371 g/mol. The number of aromatic nitrogens is 3. The van der Waals surface area contributed by atoms with Crippen LogP contribution in [0.15, 0.2) is 22.9 Å². The van der Waals surface area contributed by atoms with Crippen LogP contribution in [0, 0.1) is 0 Å². The Morgan fingerprint density at radius 3 is 3.07 bits per heavy atom. The van der Waals surface area contributed by atoms with Crippen molar-refractivity contribution in [3.05, 3.63) is 35.7 Å². The first-order chi connectivity index (χ1) is 13.1. The summed E-state index contributed by atoms with van der Waals surface area (Å²) in [5.74, 6) is 2.75. The van der Waals surface area contributed by atoms with Crippen LogP contribution in [0.3, 0.4) is 0 Å². The van der Waals surface area contributed by atoms with E-state index in [1.54, 1.807) is 6.20 Å². The second-order valence-corrected chi connectivity index (χ2v) is 7.36. The normalized spacial score (nSPS) is 21.2. The van der Waals surface area contributed by atoms with Crippen molar-refractivity contribution in [1.82, 2.24) is 25.3 Å². The number of amides is 1. The molecule has 144 valence electrons. The summed E-state index contributed by atoms with van der Waals surface area (Å²) in [7, 11) is 0. The molecular weight excluding hydrogens is 346 g/mol. The number of carbonyl (C=O) groups is 1. The largest absolute Gasteiger partial charge is 0.489 e. The van der Waals surface area contributed by atoms with Gasteiger partial charge in [0.25, 0.3) is 0 Å². The van der Waals surface area contributed by atoms with Gasteiger partial charge in [0.15, 0.2) is 5.82 Å². The van der Waals surface area contributed by atoms with Crippen LogP contribution >= 0.6 is 0 Å². The number of rotatable bonds is 7. The molecule has 1 aliphatic carbocycles. The predicted molar refractivity (Wildman–Crippen MR) is 97.1 cm³/mol. The van der Waals surface area contributed by atoms with Crippen molar-refractivity contribution >= 4 is 5.91 Å². The first-order valence-corrected chi connectivity index (χ1v) is 9.52. The lowest BCUT2D eigenvalue weighted by Crippen LogP contribution is -2.27. The molecule has 4 rings (SSSR count). The fourth-order valence-electron chi connectivity index (χ4n) is 3.32. The number of likely N-dealkylation sites (tertiary alicyclic amines) is 1. The Hall–Kier alpha value is -2.48. The Bertz CT molecular complexity index is 804. The van der Waals surface area contributed by atoms with Crippen LogP contribution in [0.25, 0.3) is 0 Å². The van der Waals surface area contributed by atoms with Gasteiger partial charge < -0.3 is 14.6 Å². The van der Waals surface area contributed by atoms with Crippen LogP contribution in [0.1, 0.15) is 62.5 Å². The molecule has 27 heavy (non-hydrogen) atoms. The van der Waals surface area contributed by atoms with Gasteiger partial charge in [-0.05, 0) is 32.3 Å². The summed E-state index contributed by atoms with van der Waals surface area (Å²) in [5, 5.41) is 6.86. The minimum absolute atomic E-state index is 0.0746. The van der Waals surface area contributed by atoms with E-state index >= 15 is 0 Å². The van der Waals surface area contributed by atoms with E-state index < -0.39 is 0 Å². The van der Waals surface area contributed by atoms with Crippen molar-refractivity contribution in [2.45, 2.75) is 57.7 Å². The minimum atomic E-state index is -0.0746. The van der Waals surface area contributed by atoms with E-state index in [0.717, 1.165) is 36.8 Å². The topological polar surface area (TPSA) is 93.4 Å². The zero-order valence-corrected chi connectivity index (χ0v) is 15.7. The maximum atomic E-state index is 11.0. The third-order valence-corrected chi connectivity index (χ3v) is 5.09. The summed E-state index contributed by atoms with van der Waals surface area (Å²) in [6.07, 6.45) is 5.09. The van der Waals surface area contributed by atoms with Crippen LogP contribution in [0.2, 0.25) is 0 Å². The van der Waals surface area contributed by atoms with Gasteiger partial charge in [0.05, 0.1) is 18.3 Å². The number of nitrogens with one attached hydrogen (secondary N) is 1. The Kier molecular flexibility index (Phi) is 5.07. The zero-order chi connectivity index (χ0) is 18.8. The number of pyridine rings is 1. The molecular formula is C19H25N5O3. The molecule has 2 aromatic rings. The quantitative estimate of drug-likeness (QED) is 0.797. The molecule has 1 N–H and O–H groups in total. The van der Waals surface area contributed by atoms with Gasteiger partial charge in [0.1, 0.15) is 11.9 Å². The van der Waals surface area contributed by atoms with E-state index in [0.29, 0.717) is 18.4 Å². The lowest BCUT2D eigenvalue weighted by molar-refractivity contribution is -0.119. The molecule has 1 amide bonds. The van der Waals surface area contributed by atoms with Crippen LogP contribution in [-0.4, -0.2) is 45.1 Å². The van der Waals surface area contributed by atoms with Crippen LogP contribution in [0.4, 0.5) is 0 Å². The molecule has 2 aliphatic rings. The highest BCUT2D eigenvalue weighted by molar-refractivity contribution is 5.72. The van der Waals surface area contributed by atoms with Crippen LogP contribution < -0.4 is 10.1 Å². The Balaban J connectivity index is 1.32. The first-order valence-electron chi connectivity index (χ1n) is 9.52. The number of hydrogen-bond acceptors (Lipinski definition) is 7. The van der Waals surface area contributed by atoms with Crippen molar-refractivity contribution in [1.29, 1.82) is 0 Å². The first kappa shape index (κ1) is 17.9. The highest BCUT2D eigenvalue weighted by Crippen LogP contribution is 2.38. The molecule has 0 radical (unpaired) electrons. The number of ether oxygens (including phenoxy) is 1. The Morgan fingerprint density at radius 2 is 2.30 bits per heavy atom. The molecule has 1 saturated heterocycles. The summed E-state index contributed by atoms with van der Waals surface area (Å²) in [4.78, 5) is 22.2. The molecule has 8 nitrogen and oxygen atoms in total. The van der Waals surface area contributed by atoms with Gasteiger partial charge in [0.2, 0.25) is 11.8 Å². The summed E-state index contributed by atoms with van der Waals surface area (Å²) in [6, 6.07) is 3.82. The van der Waals surface area contributed by atoms with E-state index in [-0.39, 0.29) is 18.1 Å². The van der Waals surface area contributed by atoms with Gasteiger partial charge >= 0.3 is 0 Å². The third-order valence-electron chi connectivity index (χ3n) is 5.09. The predicted octanol–water partition coefficient (Wildman–Crippen LogP) is 2.19. The fourth-order valence-corrected chi connectivity index (χ4v) is 3.32. The molecule has 3 heterocycles. The van der Waals surface area contributed by atoms with Gasteiger partial charge in [-0.1, -0.05) is 5.16 Å². The molecule has 0 bridgehead atoms. The molecule has 2 fully saturated rings. The summed E-state index contributed by atoms with van der Waals surface area (Å²) in [6.45, 7) is 5.74. The summed E-state index contributed by atoms with van der Waals surface area (Å²) < 4.78 is 11.6. The lowest BCUT2D eigenvalue weighted by Gasteiger charge is -2.21. The van der Waals surface area contributed by atoms with Gasteiger partial charge in [-0.2, -0.15) is 4.98 Å². The van der Waals surface area contributed by atoms with E-state index in [1.807, 2.05) is 12.1 Å². The van der Waals surface area contributed by atoms with Crippen molar-refractivity contribution in [3.8, 4) is 5.75 Å². The molecule has 0 aromatic carbocycles. The molecule has 1 saturated carbocycles. The van der Waals surface area contributed by atoms with Crippen LogP contribution in [0.5, 0.6) is 5.75 Å². The van der Waals surface area contributed by atoms with Gasteiger partial charge in [-0.25, -0.2) is 0 Å². The molecule has 2 aromatic heterocycles. The molecule has 0 spiro atoms. The average molecular weight is 371 g/mol. The lowest BCUT2D eigenvalue weighted by atomic mass is 10.3. The standard InChI is InChI=1S/C19H25N5O3/c1-12(19-22-18(23-27-19)14-3-4-14)24-8-6-17(11-24)26-16-5-7-20-15(9-16)10-21-13(2)25/h5,7,9,12,14,17H,3-4,6,8,10-11H2,1-2H3,(H,21,25). The maximum Gasteiger partial charge on any atom is 0.243 e. The smallest absolute Gasteiger partial charge is 0.243 e. The van der Waals surface area contributed by atoms with Crippen molar-refractivity contribution < 1.29 is 14.1 Å². The Morgan fingerprint density at radius 1 is 1.44 bits per heavy atom. The maximum absolute atomic E-state index is 11.0. The second-order valence-electron chi connectivity index (χ2n) is 7.36. The van der Waals surface area contributed by atoms with E-state index in [1.165, 1.54) is 19.8 Å². The molecule has 8 heteroatoms. The highest BCUT2D eigenvalue weighted by Gasteiger charge is 2.33. The van der Waals surface area contributed by atoms with Crippen molar-refractivity contribution in [3.63, 3.8) is 0 Å². The highest BCUT2D eigenvalue weighted by atomic mass is 16.5. The van der Waals surface area contributed by atoms with E-state index in [2.05, 4.69) is 32.3 Å². The number of nitrogens with zero attached hydrogens (tertiary/aromatic N) is 4. The Labute approximate surface area is 158 Å². The minimum Gasteiger partial charge on any atom is -0.489 e. The fraction of sp³-hybridized carbons (Fsp3) is 0.579. The zero-order valence-electron chi connectivity index (χ0n) is 15.7. The van der Waals surface area contributed by atoms with Gasteiger partial charge in [-0.3, -0.25) is 14.7 Å². The van der Waals surface area contributed by atoms with Gasteiger partial charge in [0, 0.05) is 38.2 Å². The number of carbonyl (C=O) groups excluding carboxylic acids is 1. The molecule has 2 unspecified atom stereocenters. The van der Waals surface area contributed by atoms with Gasteiger partial charge in [-0.15, -0.1) is 0 Å². The number of hydrogen-bond donors (Lipinski definition) is 1. The molecule has 2 atom stereocenters.